The third kappa shape index (κ3) is 2.12. The number of benzene rings is 1. The van der Waals surface area contributed by atoms with Crippen LogP contribution in [0.4, 0.5) is 10.4 Å². The Balaban J connectivity index is 2.09. The van der Waals surface area contributed by atoms with Gasteiger partial charge < -0.3 is 20.4 Å². The van der Waals surface area contributed by atoms with Crippen molar-refractivity contribution in [3.05, 3.63) is 23.5 Å². The first-order chi connectivity index (χ1) is 9.15. The van der Waals surface area contributed by atoms with Crippen LogP contribution >= 0.6 is 0 Å². The summed E-state index contributed by atoms with van der Waals surface area (Å²) in [4.78, 5) is 17.5. The number of nitrogens with one attached hydrogen (secondary N) is 1. The number of hydrogen-bond acceptors (Lipinski definition) is 5. The molecule has 3 N–H and O–H groups in total. The average molecular weight is 264 g/mol. The smallest absolute Gasteiger partial charge is 0.298 e. The van der Waals surface area contributed by atoms with Crippen LogP contribution in [-0.2, 0) is 0 Å². The highest BCUT2D eigenvalue weighted by Gasteiger charge is 2.20. The molecule has 0 aliphatic carbocycles. The van der Waals surface area contributed by atoms with Crippen molar-refractivity contribution in [2.45, 2.75) is 0 Å². The lowest BCUT2D eigenvalue weighted by atomic mass is 10.2. The number of amides is 1. The van der Waals surface area contributed by atoms with Gasteiger partial charge in [0.25, 0.3) is 11.9 Å². The van der Waals surface area contributed by atoms with Crippen molar-refractivity contribution in [1.29, 1.82) is 0 Å². The summed E-state index contributed by atoms with van der Waals surface area (Å²) in [6.45, 7) is 3.16. The van der Waals surface area contributed by atoms with Crippen LogP contribution in [0.25, 0.3) is 11.1 Å². The second kappa shape index (κ2) is 4.51. The van der Waals surface area contributed by atoms with Crippen molar-refractivity contribution < 1.29 is 13.6 Å². The highest BCUT2D eigenvalue weighted by molar-refractivity contribution is 6.03. The third-order valence-corrected chi connectivity index (χ3v) is 3.10. The monoisotopic (exact) mass is 264 g/mol. The number of hydrogen-bond donors (Lipinski definition) is 2. The first-order valence-electron chi connectivity index (χ1n) is 6.01. The molecule has 0 atom stereocenters. The fourth-order valence-corrected chi connectivity index (χ4v) is 2.16. The van der Waals surface area contributed by atoms with Crippen molar-refractivity contribution in [3.63, 3.8) is 0 Å². The van der Waals surface area contributed by atoms with Crippen LogP contribution in [0.3, 0.4) is 0 Å². The van der Waals surface area contributed by atoms with E-state index in [0.717, 1.165) is 32.2 Å². The Morgan fingerprint density at radius 2 is 2.16 bits per heavy atom. The van der Waals surface area contributed by atoms with Gasteiger partial charge in [0.1, 0.15) is 11.3 Å². The maximum Gasteiger partial charge on any atom is 0.298 e. The lowest BCUT2D eigenvalue weighted by Crippen LogP contribution is -2.43. The number of carbonyl (C=O) groups excluding carboxylic acids is 1. The number of aromatic nitrogens is 1. The van der Waals surface area contributed by atoms with E-state index in [1.165, 1.54) is 6.07 Å². The zero-order chi connectivity index (χ0) is 13.4. The van der Waals surface area contributed by atoms with E-state index < -0.39 is 11.7 Å². The number of anilines is 1. The van der Waals surface area contributed by atoms with Gasteiger partial charge in [0.15, 0.2) is 5.58 Å². The number of primary amides is 1. The standard InChI is InChI=1S/C12H13FN4O2/c13-7-5-8(11(14)18)10-9(6-7)16-12(19-10)17-3-1-15-2-4-17/h5-6,15H,1-4H2,(H2,14,18). The summed E-state index contributed by atoms with van der Waals surface area (Å²) in [5.41, 5.74) is 5.78. The number of rotatable bonds is 2. The molecule has 1 aromatic heterocycles. The van der Waals surface area contributed by atoms with Crippen molar-refractivity contribution in [1.82, 2.24) is 10.3 Å². The summed E-state index contributed by atoms with van der Waals surface area (Å²) in [5, 5.41) is 3.21. The Kier molecular flexibility index (Phi) is 2.83. The highest BCUT2D eigenvalue weighted by atomic mass is 19.1. The van der Waals surface area contributed by atoms with Gasteiger partial charge in [0.2, 0.25) is 0 Å². The molecular formula is C12H13FN4O2. The molecular weight excluding hydrogens is 251 g/mol. The molecule has 1 aliphatic heterocycles. The number of oxazole rings is 1. The molecule has 0 radical (unpaired) electrons. The zero-order valence-electron chi connectivity index (χ0n) is 10.1. The van der Waals surface area contributed by atoms with Crippen molar-refractivity contribution in [2.75, 3.05) is 31.1 Å². The van der Waals surface area contributed by atoms with Gasteiger partial charge in [-0.05, 0) is 6.07 Å². The lowest BCUT2D eigenvalue weighted by Gasteiger charge is -2.25. The van der Waals surface area contributed by atoms with E-state index in [1.54, 1.807) is 0 Å². The van der Waals surface area contributed by atoms with Crippen LogP contribution in [0.5, 0.6) is 0 Å². The van der Waals surface area contributed by atoms with Gasteiger partial charge in [0, 0.05) is 32.2 Å². The predicted octanol–water partition coefficient (Wildman–Crippen LogP) is 0.475. The molecule has 0 saturated carbocycles. The van der Waals surface area contributed by atoms with Crippen LogP contribution in [0.2, 0.25) is 0 Å². The topological polar surface area (TPSA) is 84.4 Å². The normalized spacial score (nSPS) is 15.9. The van der Waals surface area contributed by atoms with Crippen molar-refractivity contribution in [2.24, 2.45) is 5.73 Å². The Morgan fingerprint density at radius 3 is 2.84 bits per heavy atom. The molecule has 100 valence electrons. The number of nitrogens with zero attached hydrogens (tertiary/aromatic N) is 2. The minimum Gasteiger partial charge on any atom is -0.423 e. The Hall–Kier alpha value is -2.15. The predicted molar refractivity (Wildman–Crippen MR) is 67.6 cm³/mol. The van der Waals surface area contributed by atoms with Gasteiger partial charge in [-0.2, -0.15) is 4.98 Å². The largest absolute Gasteiger partial charge is 0.423 e. The molecule has 1 fully saturated rings. The van der Waals surface area contributed by atoms with Crippen LogP contribution in [0, 0.1) is 5.82 Å². The highest BCUT2D eigenvalue weighted by Crippen LogP contribution is 2.26. The molecule has 3 rings (SSSR count). The van der Waals surface area contributed by atoms with E-state index in [2.05, 4.69) is 10.3 Å². The first-order valence-corrected chi connectivity index (χ1v) is 6.01. The number of carbonyl (C=O) groups is 1. The van der Waals surface area contributed by atoms with Gasteiger partial charge in [-0.15, -0.1) is 0 Å². The first kappa shape index (κ1) is 11.9. The molecule has 7 heteroatoms. The summed E-state index contributed by atoms with van der Waals surface area (Å²) in [6, 6.07) is 2.69. The second-order valence-electron chi connectivity index (χ2n) is 4.40. The summed E-state index contributed by atoms with van der Waals surface area (Å²) >= 11 is 0. The minimum absolute atomic E-state index is 0.0175. The Morgan fingerprint density at radius 1 is 1.42 bits per heavy atom. The Bertz CT molecular complexity index is 634. The molecule has 1 amide bonds. The van der Waals surface area contributed by atoms with Crippen molar-refractivity contribution in [3.8, 4) is 0 Å². The molecule has 2 heterocycles. The maximum atomic E-state index is 13.4. The van der Waals surface area contributed by atoms with E-state index in [4.69, 9.17) is 10.2 Å². The summed E-state index contributed by atoms with van der Waals surface area (Å²) in [6.07, 6.45) is 0. The summed E-state index contributed by atoms with van der Waals surface area (Å²) < 4.78 is 19.0. The molecule has 6 nitrogen and oxygen atoms in total. The molecule has 1 aromatic carbocycles. The SMILES string of the molecule is NC(=O)c1cc(F)cc2nc(N3CCNCC3)oc12. The zero-order valence-corrected chi connectivity index (χ0v) is 10.1. The lowest BCUT2D eigenvalue weighted by molar-refractivity contribution is 0.100. The van der Waals surface area contributed by atoms with Crippen molar-refractivity contribution >= 4 is 23.0 Å². The maximum absolute atomic E-state index is 13.4. The van der Waals surface area contributed by atoms with Gasteiger partial charge >= 0.3 is 0 Å². The van der Waals surface area contributed by atoms with E-state index in [9.17, 15) is 9.18 Å². The molecule has 0 spiro atoms. The van der Waals surface area contributed by atoms with E-state index in [0.29, 0.717) is 11.5 Å². The molecule has 19 heavy (non-hydrogen) atoms. The molecule has 0 unspecified atom stereocenters. The fraction of sp³-hybridized carbons (Fsp3) is 0.333. The molecule has 0 bridgehead atoms. The summed E-state index contributed by atoms with van der Waals surface area (Å²) in [7, 11) is 0. The van der Waals surface area contributed by atoms with Crippen LogP contribution in [0.1, 0.15) is 10.4 Å². The van der Waals surface area contributed by atoms with Gasteiger partial charge in [-0.3, -0.25) is 4.79 Å². The Labute approximate surface area is 108 Å². The van der Waals surface area contributed by atoms with Crippen LogP contribution in [0.15, 0.2) is 16.5 Å². The van der Waals surface area contributed by atoms with Gasteiger partial charge in [-0.25, -0.2) is 4.39 Å². The van der Waals surface area contributed by atoms with E-state index >= 15 is 0 Å². The molecule has 1 saturated heterocycles. The van der Waals surface area contributed by atoms with E-state index in [1.807, 2.05) is 4.90 Å². The summed E-state index contributed by atoms with van der Waals surface area (Å²) in [5.74, 6) is -1.28. The fourth-order valence-electron chi connectivity index (χ4n) is 2.16. The number of piperazine rings is 1. The number of halogens is 1. The van der Waals surface area contributed by atoms with Crippen LogP contribution < -0.4 is 16.0 Å². The van der Waals surface area contributed by atoms with Gasteiger partial charge in [-0.1, -0.05) is 0 Å². The number of nitrogens with two attached hydrogens (primary N) is 1. The van der Waals surface area contributed by atoms with Gasteiger partial charge in [0.05, 0.1) is 5.56 Å². The molecule has 2 aromatic rings. The molecule has 1 aliphatic rings. The second-order valence-corrected chi connectivity index (χ2v) is 4.40. The quantitative estimate of drug-likeness (QED) is 0.824. The minimum atomic E-state index is -0.729. The van der Waals surface area contributed by atoms with E-state index in [-0.39, 0.29) is 11.1 Å². The van der Waals surface area contributed by atoms with Crippen LogP contribution in [-0.4, -0.2) is 37.1 Å². The number of fused-ring (bicyclic) bond motifs is 1. The average Bonchev–Trinajstić information content (AvgIpc) is 2.82. The third-order valence-electron chi connectivity index (χ3n) is 3.10.